The Balaban J connectivity index is 1.92. The van der Waals surface area contributed by atoms with Gasteiger partial charge >= 0.3 is 0 Å². The number of hydrogen-bond donors (Lipinski definition) is 1. The highest BCUT2D eigenvalue weighted by atomic mass is 19.1. The van der Waals surface area contributed by atoms with Crippen LogP contribution >= 0.6 is 0 Å². The van der Waals surface area contributed by atoms with Crippen LogP contribution in [0.25, 0.3) is 0 Å². The van der Waals surface area contributed by atoms with E-state index >= 15 is 0 Å². The van der Waals surface area contributed by atoms with Crippen LogP contribution in [0, 0.1) is 11.7 Å². The number of benzene rings is 1. The minimum atomic E-state index is -0.536. The molecular formula is C19H27FN2O3. The topological polar surface area (TPSA) is 58.6 Å². The molecule has 0 aliphatic carbocycles. The van der Waals surface area contributed by atoms with Crippen molar-refractivity contribution in [1.82, 2.24) is 10.2 Å². The molecule has 1 heterocycles. The number of morpholine rings is 1. The second-order valence-corrected chi connectivity index (χ2v) is 6.78. The summed E-state index contributed by atoms with van der Waals surface area (Å²) in [5.74, 6) is -0.313. The van der Waals surface area contributed by atoms with Crippen LogP contribution in [0.5, 0.6) is 0 Å². The molecule has 1 saturated heterocycles. The zero-order chi connectivity index (χ0) is 18.2. The average molecular weight is 350 g/mol. The summed E-state index contributed by atoms with van der Waals surface area (Å²) in [7, 11) is 0. The molecule has 0 radical (unpaired) electrons. The van der Waals surface area contributed by atoms with Crippen molar-refractivity contribution in [2.24, 2.45) is 5.92 Å². The number of rotatable bonds is 7. The normalized spacial score (nSPS) is 15.9. The van der Waals surface area contributed by atoms with Gasteiger partial charge < -0.3 is 15.0 Å². The van der Waals surface area contributed by atoms with E-state index in [2.05, 4.69) is 5.32 Å². The molecule has 1 unspecified atom stereocenters. The second-order valence-electron chi connectivity index (χ2n) is 6.78. The monoisotopic (exact) mass is 350 g/mol. The van der Waals surface area contributed by atoms with Gasteiger partial charge in [0.1, 0.15) is 11.9 Å². The second kappa shape index (κ2) is 9.51. The Kier molecular flexibility index (Phi) is 7.37. The van der Waals surface area contributed by atoms with E-state index in [9.17, 15) is 14.0 Å². The molecule has 0 bridgehead atoms. The summed E-state index contributed by atoms with van der Waals surface area (Å²) >= 11 is 0. The Bertz CT molecular complexity index is 586. The number of ether oxygens (including phenoxy) is 1. The predicted octanol–water partition coefficient (Wildman–Crippen LogP) is 2.15. The Labute approximate surface area is 148 Å². The minimum absolute atomic E-state index is 0.0590. The Morgan fingerprint density at radius 2 is 1.92 bits per heavy atom. The van der Waals surface area contributed by atoms with Crippen LogP contribution in [0.15, 0.2) is 24.3 Å². The predicted molar refractivity (Wildman–Crippen MR) is 93.5 cm³/mol. The van der Waals surface area contributed by atoms with Crippen molar-refractivity contribution in [3.8, 4) is 0 Å². The zero-order valence-corrected chi connectivity index (χ0v) is 15.0. The van der Waals surface area contributed by atoms with Crippen molar-refractivity contribution >= 4 is 11.8 Å². The lowest BCUT2D eigenvalue weighted by Gasteiger charge is -2.31. The van der Waals surface area contributed by atoms with E-state index in [4.69, 9.17) is 4.74 Å². The highest BCUT2D eigenvalue weighted by Crippen LogP contribution is 2.12. The van der Waals surface area contributed by atoms with Gasteiger partial charge in [-0.1, -0.05) is 32.0 Å². The van der Waals surface area contributed by atoms with Crippen molar-refractivity contribution < 1.29 is 18.7 Å². The molecule has 1 aliphatic heterocycles. The Morgan fingerprint density at radius 3 is 2.56 bits per heavy atom. The van der Waals surface area contributed by atoms with Gasteiger partial charge in [-0.15, -0.1) is 0 Å². The maximum atomic E-state index is 13.6. The smallest absolute Gasteiger partial charge is 0.245 e. The fraction of sp³-hybridized carbons (Fsp3) is 0.579. The number of nitrogens with zero attached hydrogens (tertiary/aromatic N) is 1. The molecule has 1 fully saturated rings. The SMILES string of the molecule is CC(C)CC(NC(=O)CCc1ccccc1F)C(=O)N1CCOCC1. The summed E-state index contributed by atoms with van der Waals surface area (Å²) in [5, 5.41) is 2.84. The number of carbonyl (C=O) groups excluding carboxylic acids is 2. The number of carbonyl (C=O) groups is 2. The first-order valence-electron chi connectivity index (χ1n) is 8.86. The molecule has 0 saturated carbocycles. The molecule has 1 atom stereocenters. The largest absolute Gasteiger partial charge is 0.378 e. The molecule has 1 N–H and O–H groups in total. The Hall–Kier alpha value is -1.95. The van der Waals surface area contributed by atoms with E-state index in [0.29, 0.717) is 44.7 Å². The van der Waals surface area contributed by atoms with E-state index < -0.39 is 6.04 Å². The van der Waals surface area contributed by atoms with Gasteiger partial charge in [-0.2, -0.15) is 0 Å². The van der Waals surface area contributed by atoms with Crippen LogP contribution in [-0.4, -0.2) is 49.1 Å². The summed E-state index contributed by atoms with van der Waals surface area (Å²) in [6, 6.07) is 5.90. The zero-order valence-electron chi connectivity index (χ0n) is 15.0. The first-order valence-corrected chi connectivity index (χ1v) is 8.86. The van der Waals surface area contributed by atoms with Crippen molar-refractivity contribution in [3.63, 3.8) is 0 Å². The molecule has 6 heteroatoms. The molecule has 138 valence electrons. The third kappa shape index (κ3) is 6.12. The third-order valence-corrected chi connectivity index (χ3v) is 4.24. The Morgan fingerprint density at radius 1 is 1.24 bits per heavy atom. The van der Waals surface area contributed by atoms with E-state index in [1.54, 1.807) is 23.1 Å². The van der Waals surface area contributed by atoms with Crippen LogP contribution in [-0.2, 0) is 20.7 Å². The maximum absolute atomic E-state index is 13.6. The molecule has 25 heavy (non-hydrogen) atoms. The average Bonchev–Trinajstić information content (AvgIpc) is 2.60. The molecular weight excluding hydrogens is 323 g/mol. The number of nitrogens with one attached hydrogen (secondary N) is 1. The maximum Gasteiger partial charge on any atom is 0.245 e. The summed E-state index contributed by atoms with van der Waals surface area (Å²) in [4.78, 5) is 26.7. The molecule has 1 aliphatic rings. The van der Waals surface area contributed by atoms with Gasteiger partial charge in [0.05, 0.1) is 13.2 Å². The molecule has 2 rings (SSSR count). The molecule has 2 amide bonds. The highest BCUT2D eigenvalue weighted by Gasteiger charge is 2.27. The van der Waals surface area contributed by atoms with Gasteiger partial charge in [0.2, 0.25) is 11.8 Å². The van der Waals surface area contributed by atoms with Gasteiger partial charge in [0, 0.05) is 19.5 Å². The molecule has 0 aromatic heterocycles. The van der Waals surface area contributed by atoms with Crippen LogP contribution in [0.1, 0.15) is 32.3 Å². The molecule has 1 aromatic carbocycles. The lowest BCUT2D eigenvalue weighted by Crippen LogP contribution is -2.52. The number of halogens is 1. The first-order chi connectivity index (χ1) is 12.0. The van der Waals surface area contributed by atoms with Crippen LogP contribution in [0.2, 0.25) is 0 Å². The number of aryl methyl sites for hydroxylation is 1. The fourth-order valence-corrected chi connectivity index (χ4v) is 2.91. The van der Waals surface area contributed by atoms with Gasteiger partial charge in [0.25, 0.3) is 0 Å². The van der Waals surface area contributed by atoms with E-state index in [1.165, 1.54) is 6.07 Å². The fourth-order valence-electron chi connectivity index (χ4n) is 2.91. The summed E-state index contributed by atoms with van der Waals surface area (Å²) in [6.45, 7) is 6.20. The summed E-state index contributed by atoms with van der Waals surface area (Å²) < 4.78 is 18.9. The van der Waals surface area contributed by atoms with Crippen molar-refractivity contribution in [2.75, 3.05) is 26.3 Å². The molecule has 5 nitrogen and oxygen atoms in total. The molecule has 0 spiro atoms. The van der Waals surface area contributed by atoms with Crippen LogP contribution in [0.3, 0.4) is 0 Å². The lowest BCUT2D eigenvalue weighted by atomic mass is 10.0. The van der Waals surface area contributed by atoms with Crippen molar-refractivity contribution in [1.29, 1.82) is 0 Å². The van der Waals surface area contributed by atoms with E-state index in [0.717, 1.165) is 0 Å². The third-order valence-electron chi connectivity index (χ3n) is 4.24. The summed E-state index contributed by atoms with van der Waals surface area (Å²) in [5.41, 5.74) is 0.512. The highest BCUT2D eigenvalue weighted by molar-refractivity contribution is 5.87. The van der Waals surface area contributed by atoms with Gasteiger partial charge in [-0.25, -0.2) is 4.39 Å². The van der Waals surface area contributed by atoms with Crippen LogP contribution in [0.4, 0.5) is 4.39 Å². The van der Waals surface area contributed by atoms with Gasteiger partial charge in [-0.05, 0) is 30.4 Å². The van der Waals surface area contributed by atoms with Crippen molar-refractivity contribution in [2.45, 2.75) is 39.2 Å². The van der Waals surface area contributed by atoms with E-state index in [1.807, 2.05) is 13.8 Å². The quantitative estimate of drug-likeness (QED) is 0.820. The van der Waals surface area contributed by atoms with E-state index in [-0.39, 0.29) is 30.0 Å². The summed E-state index contributed by atoms with van der Waals surface area (Å²) in [6.07, 6.45) is 1.06. The van der Waals surface area contributed by atoms with Crippen LogP contribution < -0.4 is 5.32 Å². The lowest BCUT2D eigenvalue weighted by molar-refractivity contribution is -0.140. The van der Waals surface area contributed by atoms with Gasteiger partial charge in [0.15, 0.2) is 0 Å². The minimum Gasteiger partial charge on any atom is -0.378 e. The van der Waals surface area contributed by atoms with Gasteiger partial charge in [-0.3, -0.25) is 9.59 Å². The first kappa shape index (κ1) is 19.4. The van der Waals surface area contributed by atoms with Crippen molar-refractivity contribution in [3.05, 3.63) is 35.6 Å². The number of hydrogen-bond acceptors (Lipinski definition) is 3. The molecule has 1 aromatic rings. The number of amides is 2. The standard InChI is InChI=1S/C19H27FN2O3/c1-14(2)13-17(19(24)22-9-11-25-12-10-22)21-18(23)8-7-15-5-3-4-6-16(15)20/h3-6,14,17H,7-13H2,1-2H3,(H,21,23).